The number of nitrogens with zero attached hydrogens (tertiary/aromatic N) is 1. The molecule has 0 saturated carbocycles. The van der Waals surface area contributed by atoms with Crippen LogP contribution in [0.2, 0.25) is 0 Å². The molecule has 1 N–H and O–H groups in total. The van der Waals surface area contributed by atoms with Gasteiger partial charge in [-0.15, -0.1) is 12.4 Å². The molecule has 2 heterocycles. The molecule has 1 aromatic rings. The molecule has 0 radical (unpaired) electrons. The van der Waals surface area contributed by atoms with E-state index in [2.05, 4.69) is 38.2 Å². The Labute approximate surface area is 139 Å². The van der Waals surface area contributed by atoms with Crippen LogP contribution < -0.4 is 5.32 Å². The summed E-state index contributed by atoms with van der Waals surface area (Å²) in [6.45, 7) is 10.6. The lowest BCUT2D eigenvalue weighted by Crippen LogP contribution is -2.43. The maximum Gasteiger partial charge on any atom is 0.253 e. The van der Waals surface area contributed by atoms with Gasteiger partial charge in [0.25, 0.3) is 5.91 Å². The third-order valence-electron chi connectivity index (χ3n) is 4.99. The normalized spacial score (nSPS) is 24.6. The fourth-order valence-corrected chi connectivity index (χ4v) is 3.51. The Balaban J connectivity index is 0.00000176. The van der Waals surface area contributed by atoms with E-state index < -0.39 is 0 Å². The van der Waals surface area contributed by atoms with Gasteiger partial charge in [0.15, 0.2) is 0 Å². The van der Waals surface area contributed by atoms with Gasteiger partial charge in [-0.3, -0.25) is 4.79 Å². The van der Waals surface area contributed by atoms with Gasteiger partial charge < -0.3 is 10.2 Å². The standard InChI is InChI=1S/C18H26N2O.ClH/c1-18(2,3)16-6-4-13(5-7-16)17(21)20-9-8-14-10-19-11-15(14)12-20;/h4-7,14-15,19H,8-12H2,1-3H3;1H. The molecule has 3 rings (SSSR count). The summed E-state index contributed by atoms with van der Waals surface area (Å²) in [5, 5.41) is 3.45. The van der Waals surface area contributed by atoms with Crippen LogP contribution in [0, 0.1) is 11.8 Å². The zero-order chi connectivity index (χ0) is 15.0. The van der Waals surface area contributed by atoms with Crippen molar-refractivity contribution in [2.45, 2.75) is 32.6 Å². The van der Waals surface area contributed by atoms with Crippen LogP contribution >= 0.6 is 12.4 Å². The van der Waals surface area contributed by atoms with Gasteiger partial charge in [0.1, 0.15) is 0 Å². The van der Waals surface area contributed by atoms with Gasteiger partial charge in [0, 0.05) is 18.7 Å². The summed E-state index contributed by atoms with van der Waals surface area (Å²) in [7, 11) is 0. The maximum absolute atomic E-state index is 12.7. The smallest absolute Gasteiger partial charge is 0.253 e. The second kappa shape index (κ2) is 6.59. The van der Waals surface area contributed by atoms with Crippen molar-refractivity contribution >= 4 is 18.3 Å². The molecule has 3 nitrogen and oxygen atoms in total. The Bertz CT molecular complexity index is 521. The molecule has 2 unspecified atom stereocenters. The highest BCUT2D eigenvalue weighted by atomic mass is 35.5. The molecule has 1 aromatic carbocycles. The predicted molar refractivity (Wildman–Crippen MR) is 92.8 cm³/mol. The zero-order valence-corrected chi connectivity index (χ0v) is 14.6. The summed E-state index contributed by atoms with van der Waals surface area (Å²) in [5.74, 6) is 1.62. The van der Waals surface area contributed by atoms with Gasteiger partial charge in [0.05, 0.1) is 0 Å². The summed E-state index contributed by atoms with van der Waals surface area (Å²) >= 11 is 0. The number of fused-ring (bicyclic) bond motifs is 1. The van der Waals surface area contributed by atoms with Crippen molar-refractivity contribution in [3.05, 3.63) is 35.4 Å². The Morgan fingerprint density at radius 1 is 1.14 bits per heavy atom. The molecule has 1 amide bonds. The van der Waals surface area contributed by atoms with E-state index in [0.717, 1.165) is 44.1 Å². The first-order chi connectivity index (χ1) is 9.95. The molecule has 122 valence electrons. The molecule has 0 bridgehead atoms. The molecular formula is C18H27ClN2O. The quantitative estimate of drug-likeness (QED) is 0.861. The average Bonchev–Trinajstić information content (AvgIpc) is 2.93. The second-order valence-electron chi connectivity index (χ2n) is 7.55. The van der Waals surface area contributed by atoms with Crippen molar-refractivity contribution in [2.24, 2.45) is 11.8 Å². The van der Waals surface area contributed by atoms with Crippen LogP contribution in [0.3, 0.4) is 0 Å². The average molecular weight is 323 g/mol. The highest BCUT2D eigenvalue weighted by Gasteiger charge is 2.34. The summed E-state index contributed by atoms with van der Waals surface area (Å²) in [6, 6.07) is 8.16. The van der Waals surface area contributed by atoms with Crippen LogP contribution in [0.1, 0.15) is 43.1 Å². The Morgan fingerprint density at radius 3 is 2.41 bits per heavy atom. The Kier molecular flexibility index (Phi) is 5.18. The molecule has 2 atom stereocenters. The fraction of sp³-hybridized carbons (Fsp3) is 0.611. The highest BCUT2D eigenvalue weighted by Crippen LogP contribution is 2.28. The number of likely N-dealkylation sites (tertiary alicyclic amines) is 1. The van der Waals surface area contributed by atoms with E-state index in [-0.39, 0.29) is 23.7 Å². The van der Waals surface area contributed by atoms with Crippen molar-refractivity contribution in [1.82, 2.24) is 10.2 Å². The second-order valence-corrected chi connectivity index (χ2v) is 7.55. The number of carbonyl (C=O) groups is 1. The van der Waals surface area contributed by atoms with Crippen LogP contribution in [0.25, 0.3) is 0 Å². The maximum atomic E-state index is 12.7. The summed E-state index contributed by atoms with van der Waals surface area (Å²) in [6.07, 6.45) is 1.14. The number of nitrogens with one attached hydrogen (secondary N) is 1. The molecule has 2 saturated heterocycles. The lowest BCUT2D eigenvalue weighted by Gasteiger charge is -2.34. The number of rotatable bonds is 1. The molecule has 4 heteroatoms. The first kappa shape index (κ1) is 17.3. The van der Waals surface area contributed by atoms with Gasteiger partial charge in [-0.05, 0) is 54.5 Å². The van der Waals surface area contributed by atoms with Crippen molar-refractivity contribution in [2.75, 3.05) is 26.2 Å². The number of amides is 1. The molecule has 22 heavy (non-hydrogen) atoms. The number of carbonyl (C=O) groups excluding carboxylic acids is 1. The van der Waals surface area contributed by atoms with Crippen molar-refractivity contribution in [1.29, 1.82) is 0 Å². The van der Waals surface area contributed by atoms with Crippen LogP contribution in [0.4, 0.5) is 0 Å². The summed E-state index contributed by atoms with van der Waals surface area (Å²) in [5.41, 5.74) is 2.24. The van der Waals surface area contributed by atoms with E-state index in [1.807, 2.05) is 17.0 Å². The first-order valence-electron chi connectivity index (χ1n) is 8.05. The predicted octanol–water partition coefficient (Wildman–Crippen LogP) is 3.09. The van der Waals surface area contributed by atoms with Crippen molar-refractivity contribution in [3.63, 3.8) is 0 Å². The van der Waals surface area contributed by atoms with E-state index >= 15 is 0 Å². The lowest BCUT2D eigenvalue weighted by atomic mass is 9.86. The fourth-order valence-electron chi connectivity index (χ4n) is 3.51. The zero-order valence-electron chi connectivity index (χ0n) is 13.8. The minimum Gasteiger partial charge on any atom is -0.338 e. The highest BCUT2D eigenvalue weighted by molar-refractivity contribution is 5.94. The molecular weight excluding hydrogens is 296 g/mol. The van der Waals surface area contributed by atoms with Crippen LogP contribution in [-0.2, 0) is 5.41 Å². The van der Waals surface area contributed by atoms with Gasteiger partial charge in [-0.25, -0.2) is 0 Å². The molecule has 2 aliphatic heterocycles. The van der Waals surface area contributed by atoms with E-state index in [0.29, 0.717) is 5.92 Å². The first-order valence-corrected chi connectivity index (χ1v) is 8.05. The molecule has 0 spiro atoms. The van der Waals surface area contributed by atoms with Gasteiger partial charge in [-0.1, -0.05) is 32.9 Å². The van der Waals surface area contributed by atoms with Gasteiger partial charge in [0.2, 0.25) is 0 Å². The molecule has 2 fully saturated rings. The summed E-state index contributed by atoms with van der Waals surface area (Å²) in [4.78, 5) is 14.7. The van der Waals surface area contributed by atoms with E-state index in [9.17, 15) is 4.79 Å². The largest absolute Gasteiger partial charge is 0.338 e. The molecule has 0 aliphatic carbocycles. The monoisotopic (exact) mass is 322 g/mol. The Hall–Kier alpha value is -1.06. The van der Waals surface area contributed by atoms with E-state index in [1.165, 1.54) is 5.56 Å². The molecule has 0 aromatic heterocycles. The van der Waals surface area contributed by atoms with E-state index in [4.69, 9.17) is 0 Å². The number of halogens is 1. The SMILES string of the molecule is CC(C)(C)c1ccc(C(=O)N2CCC3CNCC3C2)cc1.Cl. The van der Waals surface area contributed by atoms with Crippen LogP contribution in [-0.4, -0.2) is 37.0 Å². The third kappa shape index (κ3) is 3.47. The Morgan fingerprint density at radius 2 is 1.77 bits per heavy atom. The minimum absolute atomic E-state index is 0. The van der Waals surface area contributed by atoms with E-state index in [1.54, 1.807) is 0 Å². The molecule has 2 aliphatic rings. The third-order valence-corrected chi connectivity index (χ3v) is 4.99. The number of benzene rings is 1. The van der Waals surface area contributed by atoms with Crippen molar-refractivity contribution < 1.29 is 4.79 Å². The summed E-state index contributed by atoms with van der Waals surface area (Å²) < 4.78 is 0. The number of hydrogen-bond acceptors (Lipinski definition) is 2. The van der Waals surface area contributed by atoms with Gasteiger partial charge in [-0.2, -0.15) is 0 Å². The lowest BCUT2D eigenvalue weighted by molar-refractivity contribution is 0.0642. The topological polar surface area (TPSA) is 32.3 Å². The number of piperidine rings is 1. The minimum atomic E-state index is 0. The van der Waals surface area contributed by atoms with Crippen LogP contribution in [0.15, 0.2) is 24.3 Å². The number of hydrogen-bond donors (Lipinski definition) is 1. The van der Waals surface area contributed by atoms with Crippen molar-refractivity contribution in [3.8, 4) is 0 Å². The van der Waals surface area contributed by atoms with Gasteiger partial charge >= 0.3 is 0 Å². The van der Waals surface area contributed by atoms with Crippen LogP contribution in [0.5, 0.6) is 0 Å².